The van der Waals surface area contributed by atoms with Crippen LogP contribution in [0.5, 0.6) is 0 Å². The Kier molecular flexibility index (Phi) is 4.60. The van der Waals surface area contributed by atoms with Gasteiger partial charge in [0.05, 0.1) is 0 Å². The SMILES string of the molecule is O=C(C=CCC(C(=O)c1ccccc1)C(F)(F)F)C1CC1. The van der Waals surface area contributed by atoms with E-state index in [0.717, 1.165) is 12.8 Å². The zero-order chi connectivity index (χ0) is 15.5. The van der Waals surface area contributed by atoms with Gasteiger partial charge in [-0.15, -0.1) is 0 Å². The third-order valence-electron chi connectivity index (χ3n) is 3.40. The lowest BCUT2D eigenvalue weighted by Crippen LogP contribution is -2.30. The number of halogens is 3. The molecule has 1 aromatic rings. The summed E-state index contributed by atoms with van der Waals surface area (Å²) in [6, 6.07) is 7.40. The van der Waals surface area contributed by atoms with Crippen molar-refractivity contribution in [1.82, 2.24) is 0 Å². The minimum Gasteiger partial charge on any atom is -0.295 e. The van der Waals surface area contributed by atoms with Crippen LogP contribution in [0.25, 0.3) is 0 Å². The molecule has 21 heavy (non-hydrogen) atoms. The third kappa shape index (κ3) is 4.28. The average molecular weight is 296 g/mol. The Morgan fingerprint density at radius 3 is 2.33 bits per heavy atom. The van der Waals surface area contributed by atoms with Crippen molar-refractivity contribution in [3.05, 3.63) is 48.0 Å². The lowest BCUT2D eigenvalue weighted by molar-refractivity contribution is -0.159. The van der Waals surface area contributed by atoms with Crippen molar-refractivity contribution in [1.29, 1.82) is 0 Å². The molecule has 5 heteroatoms. The Morgan fingerprint density at radius 1 is 1.19 bits per heavy atom. The zero-order valence-corrected chi connectivity index (χ0v) is 11.3. The maximum Gasteiger partial charge on any atom is 0.399 e. The Hall–Kier alpha value is -1.91. The number of rotatable bonds is 6. The predicted molar refractivity (Wildman–Crippen MR) is 71.8 cm³/mol. The second kappa shape index (κ2) is 6.24. The summed E-state index contributed by atoms with van der Waals surface area (Å²) in [4.78, 5) is 23.4. The molecule has 0 N–H and O–H groups in total. The largest absolute Gasteiger partial charge is 0.399 e. The Morgan fingerprint density at radius 2 is 1.81 bits per heavy atom. The molecule has 2 nitrogen and oxygen atoms in total. The van der Waals surface area contributed by atoms with Gasteiger partial charge in [-0.1, -0.05) is 36.4 Å². The number of hydrogen-bond donors (Lipinski definition) is 0. The number of carbonyl (C=O) groups excluding carboxylic acids is 2. The number of benzene rings is 1. The van der Waals surface area contributed by atoms with Crippen molar-refractivity contribution < 1.29 is 22.8 Å². The molecule has 1 saturated carbocycles. The normalized spacial score (nSPS) is 16.9. The highest BCUT2D eigenvalue weighted by atomic mass is 19.4. The van der Waals surface area contributed by atoms with Crippen molar-refractivity contribution >= 4 is 11.6 Å². The fourth-order valence-corrected chi connectivity index (χ4v) is 2.02. The van der Waals surface area contributed by atoms with Gasteiger partial charge in [0.15, 0.2) is 11.6 Å². The number of alkyl halides is 3. The molecule has 1 unspecified atom stereocenters. The highest BCUT2D eigenvalue weighted by Crippen LogP contribution is 2.33. The van der Waals surface area contributed by atoms with E-state index in [1.165, 1.54) is 36.4 Å². The first-order valence-corrected chi connectivity index (χ1v) is 6.76. The van der Waals surface area contributed by atoms with E-state index in [0.29, 0.717) is 0 Å². The average Bonchev–Trinajstić information content (AvgIpc) is 3.27. The van der Waals surface area contributed by atoms with Crippen molar-refractivity contribution in [2.45, 2.75) is 25.4 Å². The van der Waals surface area contributed by atoms with Crippen molar-refractivity contribution in [2.75, 3.05) is 0 Å². The molecule has 0 radical (unpaired) electrons. The summed E-state index contributed by atoms with van der Waals surface area (Å²) < 4.78 is 39.0. The molecular weight excluding hydrogens is 281 g/mol. The van der Waals surface area contributed by atoms with Gasteiger partial charge >= 0.3 is 6.18 Å². The maximum atomic E-state index is 13.0. The van der Waals surface area contributed by atoms with E-state index in [4.69, 9.17) is 0 Å². The van der Waals surface area contributed by atoms with E-state index < -0.39 is 24.3 Å². The molecule has 1 aliphatic carbocycles. The van der Waals surface area contributed by atoms with E-state index in [-0.39, 0.29) is 17.3 Å². The van der Waals surface area contributed by atoms with Crippen molar-refractivity contribution in [3.63, 3.8) is 0 Å². The van der Waals surface area contributed by atoms with Crippen LogP contribution in [0.1, 0.15) is 29.6 Å². The van der Waals surface area contributed by atoms with Crippen LogP contribution in [-0.2, 0) is 4.79 Å². The molecule has 0 heterocycles. The van der Waals surface area contributed by atoms with Gasteiger partial charge in [-0.3, -0.25) is 9.59 Å². The zero-order valence-electron chi connectivity index (χ0n) is 11.3. The Bertz CT molecular complexity index is 542. The third-order valence-corrected chi connectivity index (χ3v) is 3.40. The van der Waals surface area contributed by atoms with Crippen molar-refractivity contribution in [2.24, 2.45) is 11.8 Å². The number of hydrogen-bond acceptors (Lipinski definition) is 2. The lowest BCUT2D eigenvalue weighted by atomic mass is 9.93. The molecule has 1 fully saturated rings. The van der Waals surface area contributed by atoms with E-state index in [9.17, 15) is 22.8 Å². The molecule has 0 aromatic heterocycles. The molecule has 2 rings (SSSR count). The van der Waals surface area contributed by atoms with Gasteiger partial charge in [0.2, 0.25) is 0 Å². The number of Topliss-reactive ketones (excluding diaryl/α,β-unsaturated/α-hetero) is 1. The van der Waals surface area contributed by atoms with Gasteiger partial charge in [-0.25, -0.2) is 0 Å². The number of carbonyl (C=O) groups is 2. The molecule has 0 bridgehead atoms. The van der Waals surface area contributed by atoms with E-state index in [1.807, 2.05) is 0 Å². The van der Waals surface area contributed by atoms with Gasteiger partial charge in [0, 0.05) is 11.5 Å². The number of allylic oxidation sites excluding steroid dienone is 2. The fourth-order valence-electron chi connectivity index (χ4n) is 2.02. The molecule has 1 aliphatic rings. The van der Waals surface area contributed by atoms with Crippen molar-refractivity contribution in [3.8, 4) is 0 Å². The Labute approximate surface area is 120 Å². The highest BCUT2D eigenvalue weighted by molar-refractivity contribution is 5.98. The van der Waals surface area contributed by atoms with Crippen LogP contribution in [0.4, 0.5) is 13.2 Å². The molecule has 1 atom stereocenters. The van der Waals surface area contributed by atoms with Gasteiger partial charge in [-0.2, -0.15) is 13.2 Å². The summed E-state index contributed by atoms with van der Waals surface area (Å²) in [6.07, 6.45) is -1.19. The number of ketones is 2. The lowest BCUT2D eigenvalue weighted by Gasteiger charge is -2.17. The topological polar surface area (TPSA) is 34.1 Å². The summed E-state index contributed by atoms with van der Waals surface area (Å²) in [7, 11) is 0. The first kappa shape index (κ1) is 15.5. The Balaban J connectivity index is 2.08. The second-order valence-corrected chi connectivity index (χ2v) is 5.14. The van der Waals surface area contributed by atoms with E-state index >= 15 is 0 Å². The molecule has 112 valence electrons. The molecule has 0 amide bonds. The quantitative estimate of drug-likeness (QED) is 0.588. The standard InChI is InChI=1S/C16H15F3O2/c17-16(18,19)13(7-4-8-14(20)11-9-10-11)15(21)12-5-2-1-3-6-12/h1-6,8,11,13H,7,9-10H2. The van der Waals surface area contributed by atoms with E-state index in [1.54, 1.807) is 6.07 Å². The van der Waals surface area contributed by atoms with Crippen LogP contribution >= 0.6 is 0 Å². The maximum absolute atomic E-state index is 13.0. The first-order chi connectivity index (χ1) is 9.89. The molecule has 0 aliphatic heterocycles. The summed E-state index contributed by atoms with van der Waals surface area (Å²) in [5, 5.41) is 0. The highest BCUT2D eigenvalue weighted by Gasteiger charge is 2.44. The minimum atomic E-state index is -4.63. The summed E-state index contributed by atoms with van der Waals surface area (Å²) in [5.41, 5.74) is 0.0294. The van der Waals surface area contributed by atoms with Gasteiger partial charge < -0.3 is 0 Å². The van der Waals surface area contributed by atoms with Gasteiger partial charge in [-0.05, 0) is 25.3 Å². The van der Waals surface area contributed by atoms with Crippen LogP contribution in [0.15, 0.2) is 42.5 Å². The molecule has 0 spiro atoms. The van der Waals surface area contributed by atoms with Crippen LogP contribution in [0.3, 0.4) is 0 Å². The van der Waals surface area contributed by atoms with Gasteiger partial charge in [0.25, 0.3) is 0 Å². The van der Waals surface area contributed by atoms with E-state index in [2.05, 4.69) is 0 Å². The van der Waals surface area contributed by atoms with Crippen LogP contribution in [-0.4, -0.2) is 17.7 Å². The van der Waals surface area contributed by atoms with Crippen LogP contribution in [0.2, 0.25) is 0 Å². The molecule has 1 aromatic carbocycles. The predicted octanol–water partition coefficient (Wildman–Crippen LogP) is 3.97. The minimum absolute atomic E-state index is 0.0294. The first-order valence-electron chi connectivity index (χ1n) is 6.76. The molecule has 0 saturated heterocycles. The molecular formula is C16H15F3O2. The monoisotopic (exact) mass is 296 g/mol. The van der Waals surface area contributed by atoms with Gasteiger partial charge in [0.1, 0.15) is 5.92 Å². The van der Waals surface area contributed by atoms with Crippen LogP contribution in [0, 0.1) is 11.8 Å². The summed E-state index contributed by atoms with van der Waals surface area (Å²) in [6.45, 7) is 0. The van der Waals surface area contributed by atoms with Crippen LogP contribution < -0.4 is 0 Å². The smallest absolute Gasteiger partial charge is 0.295 e. The summed E-state index contributed by atoms with van der Waals surface area (Å²) >= 11 is 0. The summed E-state index contributed by atoms with van der Waals surface area (Å²) in [5.74, 6) is -3.26. The fraction of sp³-hybridized carbons (Fsp3) is 0.375. The second-order valence-electron chi connectivity index (χ2n) is 5.14.